The van der Waals surface area contributed by atoms with Crippen molar-refractivity contribution in [1.29, 1.82) is 0 Å². The Labute approximate surface area is 242 Å². The number of aliphatic hydroxyl groups excluding tert-OH is 3. The van der Waals surface area contributed by atoms with Gasteiger partial charge in [0.1, 0.15) is 12.2 Å². The zero-order chi connectivity index (χ0) is 29.0. The first-order chi connectivity index (χ1) is 19.2. The Morgan fingerprint density at radius 2 is 1.93 bits per heavy atom. The molecule has 2 amide bonds. The van der Waals surface area contributed by atoms with Gasteiger partial charge in [-0.3, -0.25) is 9.59 Å². The van der Waals surface area contributed by atoms with Crippen LogP contribution >= 0.6 is 23.2 Å². The van der Waals surface area contributed by atoms with E-state index in [4.69, 9.17) is 37.4 Å². The first kappa shape index (κ1) is 30.1. The van der Waals surface area contributed by atoms with E-state index in [0.29, 0.717) is 38.2 Å². The standard InChI is InChI=1S/C28H32Cl2N2O8/c1-38-8-5-23(35)32(13-16-3-4-17(29)11-20(16)30)21-12-19(28(37)31-6-7-33)24-18-9-15(14-34)10-22(39-2)26(18)40-27(24)25(21)36/h3-4,9-12,21,24-25,27,33-34,36H,5-8,13-14H2,1-2H3,(H,31,37). The number of rotatable bonds is 11. The number of hydrogen-bond donors (Lipinski definition) is 4. The second-order valence-electron chi connectivity index (χ2n) is 9.52. The summed E-state index contributed by atoms with van der Waals surface area (Å²) in [4.78, 5) is 28.3. The molecule has 0 fully saturated rings. The number of halogens is 2. The molecule has 1 heterocycles. The predicted molar refractivity (Wildman–Crippen MR) is 148 cm³/mol. The third-order valence-corrected chi connectivity index (χ3v) is 7.64. The quantitative estimate of drug-likeness (QED) is 0.310. The third-order valence-electron chi connectivity index (χ3n) is 7.05. The Hall–Kier alpha value is -2.86. The summed E-state index contributed by atoms with van der Waals surface area (Å²) in [5, 5.41) is 34.3. The molecular weight excluding hydrogens is 563 g/mol. The van der Waals surface area contributed by atoms with Crippen molar-refractivity contribution < 1.29 is 39.1 Å². The lowest BCUT2D eigenvalue weighted by Gasteiger charge is -2.41. The van der Waals surface area contributed by atoms with Crippen molar-refractivity contribution >= 4 is 35.0 Å². The molecule has 1 aliphatic heterocycles. The molecule has 1 aliphatic carbocycles. The van der Waals surface area contributed by atoms with Crippen LogP contribution in [0.3, 0.4) is 0 Å². The highest BCUT2D eigenvalue weighted by molar-refractivity contribution is 6.35. The van der Waals surface area contributed by atoms with Gasteiger partial charge in [0.05, 0.1) is 45.3 Å². The zero-order valence-electron chi connectivity index (χ0n) is 22.1. The number of aliphatic hydroxyl groups is 3. The zero-order valence-corrected chi connectivity index (χ0v) is 23.6. The van der Waals surface area contributed by atoms with Crippen LogP contribution < -0.4 is 14.8 Å². The van der Waals surface area contributed by atoms with Crippen molar-refractivity contribution in [1.82, 2.24) is 10.2 Å². The molecule has 12 heteroatoms. The van der Waals surface area contributed by atoms with E-state index in [0.717, 1.165) is 0 Å². The predicted octanol–water partition coefficient (Wildman–Crippen LogP) is 2.18. The molecule has 2 aliphatic rings. The lowest BCUT2D eigenvalue weighted by molar-refractivity contribution is -0.139. The van der Waals surface area contributed by atoms with Crippen LogP contribution in [0.15, 0.2) is 42.0 Å². The molecule has 4 rings (SSSR count). The molecule has 0 saturated heterocycles. The van der Waals surface area contributed by atoms with Crippen molar-refractivity contribution in [2.24, 2.45) is 0 Å². The topological polar surface area (TPSA) is 138 Å². The van der Waals surface area contributed by atoms with Crippen LogP contribution in [-0.4, -0.2) is 84.3 Å². The SMILES string of the molecule is COCCC(=O)N(Cc1ccc(Cl)cc1Cl)C1C=C(C(=O)NCCO)C2c3cc(CO)cc(OC)c3OC2C1O. The summed E-state index contributed by atoms with van der Waals surface area (Å²) in [5.74, 6) is -0.864. The average Bonchev–Trinajstić information content (AvgIpc) is 3.34. The van der Waals surface area contributed by atoms with Gasteiger partial charge in [0.15, 0.2) is 11.5 Å². The minimum absolute atomic E-state index is 0.00532. The molecule has 0 spiro atoms. The van der Waals surface area contributed by atoms with Gasteiger partial charge in [-0.25, -0.2) is 0 Å². The Balaban J connectivity index is 1.82. The third kappa shape index (κ3) is 6.07. The number of nitrogens with one attached hydrogen (secondary N) is 1. The van der Waals surface area contributed by atoms with Crippen LogP contribution in [0.1, 0.15) is 29.0 Å². The summed E-state index contributed by atoms with van der Waals surface area (Å²) in [5.41, 5.74) is 1.95. The number of nitrogens with zero attached hydrogens (tertiary/aromatic N) is 1. The maximum absolute atomic E-state index is 13.5. The van der Waals surface area contributed by atoms with Gasteiger partial charge in [0.2, 0.25) is 11.8 Å². The fourth-order valence-electron chi connectivity index (χ4n) is 5.15. The number of fused-ring (bicyclic) bond motifs is 3. The fraction of sp³-hybridized carbons (Fsp3) is 0.429. The smallest absolute Gasteiger partial charge is 0.247 e. The van der Waals surface area contributed by atoms with Gasteiger partial charge in [-0.15, -0.1) is 0 Å². The van der Waals surface area contributed by atoms with E-state index < -0.39 is 30.1 Å². The maximum Gasteiger partial charge on any atom is 0.247 e. The number of benzene rings is 2. The Kier molecular flexibility index (Phi) is 9.94. The highest BCUT2D eigenvalue weighted by Gasteiger charge is 2.51. The van der Waals surface area contributed by atoms with Gasteiger partial charge in [0, 0.05) is 41.4 Å². The molecule has 0 bridgehead atoms. The summed E-state index contributed by atoms with van der Waals surface area (Å²) in [6.07, 6.45) is -0.634. The molecule has 4 unspecified atom stereocenters. The van der Waals surface area contributed by atoms with Crippen molar-refractivity contribution in [2.45, 2.75) is 43.7 Å². The Morgan fingerprint density at radius 1 is 1.15 bits per heavy atom. The molecule has 4 atom stereocenters. The minimum Gasteiger partial charge on any atom is -0.493 e. The Morgan fingerprint density at radius 3 is 2.58 bits per heavy atom. The molecule has 2 aromatic rings. The number of methoxy groups -OCH3 is 2. The first-order valence-corrected chi connectivity index (χ1v) is 13.5. The van der Waals surface area contributed by atoms with Crippen molar-refractivity contribution in [3.63, 3.8) is 0 Å². The Bertz CT molecular complexity index is 1290. The van der Waals surface area contributed by atoms with E-state index in [-0.39, 0.29) is 50.8 Å². The van der Waals surface area contributed by atoms with E-state index in [1.54, 1.807) is 36.4 Å². The molecular formula is C28H32Cl2N2O8. The van der Waals surface area contributed by atoms with Gasteiger partial charge < -0.3 is 39.7 Å². The van der Waals surface area contributed by atoms with E-state index in [1.165, 1.54) is 19.1 Å². The van der Waals surface area contributed by atoms with Gasteiger partial charge >= 0.3 is 0 Å². The molecule has 0 aromatic heterocycles. The minimum atomic E-state index is -1.26. The highest BCUT2D eigenvalue weighted by Crippen LogP contribution is 2.51. The van der Waals surface area contributed by atoms with Crippen LogP contribution in [0.25, 0.3) is 0 Å². The average molecular weight is 595 g/mol. The lowest BCUT2D eigenvalue weighted by atomic mass is 9.77. The summed E-state index contributed by atoms with van der Waals surface area (Å²) < 4.78 is 16.8. The van der Waals surface area contributed by atoms with E-state index >= 15 is 0 Å². The molecule has 40 heavy (non-hydrogen) atoms. The molecule has 2 aromatic carbocycles. The first-order valence-electron chi connectivity index (χ1n) is 12.7. The molecule has 0 saturated carbocycles. The van der Waals surface area contributed by atoms with E-state index in [9.17, 15) is 24.9 Å². The van der Waals surface area contributed by atoms with Gasteiger partial charge in [0.25, 0.3) is 0 Å². The lowest BCUT2D eigenvalue weighted by Crippen LogP contribution is -2.55. The summed E-state index contributed by atoms with van der Waals surface area (Å²) in [7, 11) is 2.94. The number of ether oxygens (including phenoxy) is 3. The van der Waals surface area contributed by atoms with Crippen LogP contribution in [0.4, 0.5) is 0 Å². The van der Waals surface area contributed by atoms with Crippen LogP contribution in [0.5, 0.6) is 11.5 Å². The van der Waals surface area contributed by atoms with Gasteiger partial charge in [-0.05, 0) is 41.5 Å². The van der Waals surface area contributed by atoms with E-state index in [1.807, 2.05) is 0 Å². The van der Waals surface area contributed by atoms with Crippen molar-refractivity contribution in [3.8, 4) is 11.5 Å². The normalized spacial score (nSPS) is 21.1. The number of amides is 2. The summed E-state index contributed by atoms with van der Waals surface area (Å²) >= 11 is 12.5. The van der Waals surface area contributed by atoms with Crippen molar-refractivity contribution in [2.75, 3.05) is 34.0 Å². The highest BCUT2D eigenvalue weighted by atomic mass is 35.5. The second kappa shape index (κ2) is 13.2. The van der Waals surface area contributed by atoms with E-state index in [2.05, 4.69) is 5.32 Å². The van der Waals surface area contributed by atoms with Crippen LogP contribution in [0, 0.1) is 0 Å². The number of carbonyl (C=O) groups excluding carboxylic acids is 2. The summed E-state index contributed by atoms with van der Waals surface area (Å²) in [6, 6.07) is 7.26. The fourth-order valence-corrected chi connectivity index (χ4v) is 5.61. The monoisotopic (exact) mass is 594 g/mol. The van der Waals surface area contributed by atoms with Gasteiger partial charge in [-0.1, -0.05) is 29.3 Å². The molecule has 0 radical (unpaired) electrons. The number of carbonyl (C=O) groups is 2. The maximum atomic E-state index is 13.5. The molecule has 10 nitrogen and oxygen atoms in total. The van der Waals surface area contributed by atoms with Crippen LogP contribution in [0.2, 0.25) is 10.0 Å². The number of hydrogen-bond acceptors (Lipinski definition) is 8. The second-order valence-corrected chi connectivity index (χ2v) is 10.4. The molecule has 216 valence electrons. The van der Waals surface area contributed by atoms with Gasteiger partial charge in [-0.2, -0.15) is 0 Å². The van der Waals surface area contributed by atoms with Crippen molar-refractivity contribution in [3.05, 3.63) is 68.7 Å². The van der Waals surface area contributed by atoms with Crippen LogP contribution in [-0.2, 0) is 27.5 Å². The largest absolute Gasteiger partial charge is 0.493 e. The summed E-state index contributed by atoms with van der Waals surface area (Å²) in [6.45, 7) is -0.373. The molecule has 4 N–H and O–H groups in total.